The Balaban J connectivity index is 2.17. The van der Waals surface area contributed by atoms with Gasteiger partial charge >= 0.3 is 11.9 Å². The van der Waals surface area contributed by atoms with Crippen LogP contribution in [-0.4, -0.2) is 18.0 Å². The third-order valence-corrected chi connectivity index (χ3v) is 5.74. The molecule has 0 spiro atoms. The van der Waals surface area contributed by atoms with Crippen molar-refractivity contribution in [2.24, 2.45) is 11.3 Å². The Morgan fingerprint density at radius 1 is 0.833 bits per heavy atom. The Hall–Kier alpha value is -2.62. The van der Waals surface area contributed by atoms with Gasteiger partial charge in [0.05, 0.1) is 0 Å². The van der Waals surface area contributed by atoms with Crippen LogP contribution in [0.15, 0.2) is 54.6 Å². The van der Waals surface area contributed by atoms with Crippen molar-refractivity contribution in [2.75, 3.05) is 0 Å². The highest BCUT2D eigenvalue weighted by Gasteiger charge is 2.47. The lowest BCUT2D eigenvalue weighted by Crippen LogP contribution is -2.44. The minimum atomic E-state index is -1.29. The molecular formula is C26H34O4. The summed E-state index contributed by atoms with van der Waals surface area (Å²) in [6, 6.07) is 17.3. The molecule has 4 nitrogen and oxygen atoms in total. The minimum absolute atomic E-state index is 0.196. The van der Waals surface area contributed by atoms with Crippen molar-refractivity contribution in [2.45, 2.75) is 66.4 Å². The number of benzene rings is 2. The lowest BCUT2D eigenvalue weighted by Gasteiger charge is -2.30. The van der Waals surface area contributed by atoms with Gasteiger partial charge in [0, 0.05) is 0 Å². The fraction of sp³-hybridized carbons (Fsp3) is 0.462. The first-order valence-electron chi connectivity index (χ1n) is 11.0. The summed E-state index contributed by atoms with van der Waals surface area (Å²) in [6.07, 6.45) is 2.17. The summed E-state index contributed by atoms with van der Waals surface area (Å²) in [7, 11) is 0. The van der Waals surface area contributed by atoms with Crippen LogP contribution < -0.4 is 4.74 Å². The van der Waals surface area contributed by atoms with E-state index in [0.29, 0.717) is 18.6 Å². The predicted octanol–water partition coefficient (Wildman–Crippen LogP) is 6.43. The number of hydrogen-bond acceptors (Lipinski definition) is 4. The molecule has 0 saturated heterocycles. The van der Waals surface area contributed by atoms with Crippen LogP contribution >= 0.6 is 0 Å². The quantitative estimate of drug-likeness (QED) is 0.257. The van der Waals surface area contributed by atoms with Crippen molar-refractivity contribution in [3.63, 3.8) is 0 Å². The molecule has 0 bridgehead atoms. The second-order valence-corrected chi connectivity index (χ2v) is 8.05. The van der Waals surface area contributed by atoms with Crippen LogP contribution in [0.3, 0.4) is 0 Å². The molecular weight excluding hydrogens is 376 g/mol. The van der Waals surface area contributed by atoms with E-state index in [-0.39, 0.29) is 12.0 Å². The van der Waals surface area contributed by atoms with Gasteiger partial charge < -0.3 is 9.47 Å². The molecule has 0 saturated carbocycles. The zero-order chi connectivity index (χ0) is 22.1. The third kappa shape index (κ3) is 5.50. The highest BCUT2D eigenvalue weighted by atomic mass is 16.6. The van der Waals surface area contributed by atoms with Gasteiger partial charge in [-0.3, -0.25) is 9.59 Å². The Bertz CT molecular complexity index is 805. The first-order chi connectivity index (χ1) is 14.4. The van der Waals surface area contributed by atoms with Crippen LogP contribution in [0, 0.1) is 11.3 Å². The lowest BCUT2D eigenvalue weighted by molar-refractivity contribution is -0.174. The lowest BCUT2D eigenvalue weighted by atomic mass is 9.82. The fourth-order valence-electron chi connectivity index (χ4n) is 3.52. The number of ether oxygens (including phenoxy) is 2. The normalized spacial score (nSPS) is 12.5. The molecule has 4 heteroatoms. The fourth-order valence-corrected chi connectivity index (χ4v) is 3.52. The summed E-state index contributed by atoms with van der Waals surface area (Å²) < 4.78 is 11.4. The van der Waals surface area contributed by atoms with E-state index in [0.717, 1.165) is 24.0 Å². The highest BCUT2D eigenvalue weighted by molar-refractivity contribution is 6.00. The molecule has 2 aromatic carbocycles. The molecule has 0 fully saturated rings. The molecule has 162 valence electrons. The van der Waals surface area contributed by atoms with E-state index in [2.05, 4.69) is 6.92 Å². The Kier molecular flexibility index (Phi) is 8.64. The topological polar surface area (TPSA) is 52.6 Å². The summed E-state index contributed by atoms with van der Waals surface area (Å²) >= 11 is 0. The smallest absolute Gasteiger partial charge is 0.328 e. The second kappa shape index (κ2) is 11.0. The van der Waals surface area contributed by atoms with Gasteiger partial charge in [-0.1, -0.05) is 83.5 Å². The first-order valence-corrected chi connectivity index (χ1v) is 11.0. The maximum Gasteiger partial charge on any atom is 0.328 e. The van der Waals surface area contributed by atoms with Crippen LogP contribution in [-0.2, 0) is 14.3 Å². The van der Waals surface area contributed by atoms with E-state index in [4.69, 9.17) is 9.47 Å². The van der Waals surface area contributed by atoms with Gasteiger partial charge in [0.2, 0.25) is 0 Å². The SMILES string of the molecule is CCCC(OC(=O)C(CC)(CC)C(=O)Oc1ccc(-c2ccccc2)cc1)C(C)C. The Morgan fingerprint density at radius 3 is 1.90 bits per heavy atom. The zero-order valence-corrected chi connectivity index (χ0v) is 18.8. The molecule has 0 heterocycles. The minimum Gasteiger partial charge on any atom is -0.461 e. The van der Waals surface area contributed by atoms with Gasteiger partial charge in [0.25, 0.3) is 0 Å². The van der Waals surface area contributed by atoms with Gasteiger partial charge in [-0.2, -0.15) is 0 Å². The molecule has 0 N–H and O–H groups in total. The molecule has 1 atom stereocenters. The molecule has 0 aromatic heterocycles. The van der Waals surface area contributed by atoms with Crippen molar-refractivity contribution >= 4 is 11.9 Å². The largest absolute Gasteiger partial charge is 0.461 e. The Morgan fingerprint density at radius 2 is 1.40 bits per heavy atom. The summed E-state index contributed by atoms with van der Waals surface area (Å²) in [6.45, 7) is 9.77. The van der Waals surface area contributed by atoms with Crippen LogP contribution in [0.2, 0.25) is 0 Å². The summed E-state index contributed by atoms with van der Waals surface area (Å²) in [5.74, 6) is -0.413. The van der Waals surface area contributed by atoms with Crippen molar-refractivity contribution in [3.8, 4) is 16.9 Å². The molecule has 0 amide bonds. The molecule has 2 aromatic rings. The van der Waals surface area contributed by atoms with E-state index in [1.54, 1.807) is 12.1 Å². The number of carbonyl (C=O) groups excluding carboxylic acids is 2. The van der Waals surface area contributed by atoms with Gasteiger partial charge in [0.1, 0.15) is 11.9 Å². The van der Waals surface area contributed by atoms with E-state index >= 15 is 0 Å². The average Bonchev–Trinajstić information content (AvgIpc) is 2.76. The molecule has 0 aliphatic heterocycles. The van der Waals surface area contributed by atoms with Crippen LogP contribution in [0.1, 0.15) is 60.3 Å². The van der Waals surface area contributed by atoms with Gasteiger partial charge in [0.15, 0.2) is 5.41 Å². The molecule has 0 radical (unpaired) electrons. The van der Waals surface area contributed by atoms with Crippen molar-refractivity contribution in [3.05, 3.63) is 54.6 Å². The summed E-state index contributed by atoms with van der Waals surface area (Å²) in [5, 5.41) is 0. The number of rotatable bonds is 10. The van der Waals surface area contributed by atoms with E-state index in [1.165, 1.54) is 0 Å². The maximum atomic E-state index is 13.1. The first kappa shape index (κ1) is 23.7. The summed E-state index contributed by atoms with van der Waals surface area (Å²) in [5.41, 5.74) is 0.830. The molecule has 2 rings (SSSR count). The number of esters is 2. The van der Waals surface area contributed by atoms with E-state index in [1.807, 2.05) is 70.2 Å². The number of hydrogen-bond donors (Lipinski definition) is 0. The molecule has 0 aliphatic carbocycles. The van der Waals surface area contributed by atoms with Crippen molar-refractivity contribution in [1.29, 1.82) is 0 Å². The molecule has 1 unspecified atom stereocenters. The van der Waals surface area contributed by atoms with Crippen LogP contribution in [0.5, 0.6) is 5.75 Å². The van der Waals surface area contributed by atoms with Gasteiger partial charge in [-0.05, 0) is 48.4 Å². The van der Waals surface area contributed by atoms with Crippen LogP contribution in [0.25, 0.3) is 11.1 Å². The van der Waals surface area contributed by atoms with Crippen molar-refractivity contribution < 1.29 is 19.1 Å². The average molecular weight is 411 g/mol. The monoisotopic (exact) mass is 410 g/mol. The highest BCUT2D eigenvalue weighted by Crippen LogP contribution is 2.33. The molecule has 30 heavy (non-hydrogen) atoms. The van der Waals surface area contributed by atoms with Crippen LogP contribution in [0.4, 0.5) is 0 Å². The predicted molar refractivity (Wildman–Crippen MR) is 120 cm³/mol. The standard InChI is InChI=1S/C26H34O4/c1-6-12-23(19(4)5)30-25(28)26(7-2,8-3)24(27)29-22-17-15-21(16-18-22)20-13-10-9-11-14-20/h9-11,13-19,23H,6-8,12H2,1-5H3. The second-order valence-electron chi connectivity index (χ2n) is 8.05. The van der Waals surface area contributed by atoms with Gasteiger partial charge in [-0.15, -0.1) is 0 Å². The van der Waals surface area contributed by atoms with Crippen molar-refractivity contribution in [1.82, 2.24) is 0 Å². The number of carbonyl (C=O) groups is 2. The van der Waals surface area contributed by atoms with Gasteiger partial charge in [-0.25, -0.2) is 0 Å². The zero-order valence-electron chi connectivity index (χ0n) is 18.8. The maximum absolute atomic E-state index is 13.1. The Labute approximate surface area is 180 Å². The third-order valence-electron chi connectivity index (χ3n) is 5.74. The summed E-state index contributed by atoms with van der Waals surface area (Å²) in [4.78, 5) is 26.1. The van der Waals surface area contributed by atoms with E-state index in [9.17, 15) is 9.59 Å². The molecule has 0 aliphatic rings. The van der Waals surface area contributed by atoms with E-state index < -0.39 is 17.4 Å².